The Kier molecular flexibility index (Phi) is 4.39. The zero-order chi connectivity index (χ0) is 13.0. The maximum atomic E-state index is 6.30. The van der Waals surface area contributed by atoms with Gasteiger partial charge in [0.15, 0.2) is 0 Å². The molecule has 96 valence electrons. The number of hydrogen-bond acceptors (Lipinski definition) is 2. The van der Waals surface area contributed by atoms with Gasteiger partial charge >= 0.3 is 0 Å². The number of rotatable bonds is 5. The van der Waals surface area contributed by atoms with Gasteiger partial charge in [-0.25, -0.2) is 4.68 Å². The quantitative estimate of drug-likeness (QED) is 0.839. The normalized spacial score (nSPS) is 10.8. The third kappa shape index (κ3) is 2.92. The molecule has 0 spiro atoms. The van der Waals surface area contributed by atoms with Crippen molar-refractivity contribution in [3.8, 4) is 5.69 Å². The topological polar surface area (TPSA) is 29.9 Å². The van der Waals surface area contributed by atoms with Gasteiger partial charge in [0, 0.05) is 12.7 Å². The highest BCUT2D eigenvalue weighted by atomic mass is 35.5. The molecule has 2 rings (SSSR count). The van der Waals surface area contributed by atoms with Crippen molar-refractivity contribution in [2.45, 2.75) is 26.8 Å². The average Bonchev–Trinajstić information content (AvgIpc) is 2.76. The summed E-state index contributed by atoms with van der Waals surface area (Å²) in [6, 6.07) is 7.94. The SMILES string of the molecule is CCCNCc1cccc(Cl)c1-n1ccc(C)n1. The van der Waals surface area contributed by atoms with Crippen LogP contribution in [0.25, 0.3) is 5.69 Å². The van der Waals surface area contributed by atoms with Crippen LogP contribution in [0.5, 0.6) is 0 Å². The van der Waals surface area contributed by atoms with Crippen LogP contribution < -0.4 is 5.32 Å². The highest BCUT2D eigenvalue weighted by Crippen LogP contribution is 2.24. The van der Waals surface area contributed by atoms with E-state index in [-0.39, 0.29) is 0 Å². The van der Waals surface area contributed by atoms with Crippen molar-refractivity contribution in [1.82, 2.24) is 15.1 Å². The summed E-state index contributed by atoms with van der Waals surface area (Å²) in [4.78, 5) is 0. The Balaban J connectivity index is 2.32. The predicted octanol–water partition coefficient (Wildman–Crippen LogP) is 3.33. The Bertz CT molecular complexity index is 520. The third-order valence-corrected chi connectivity index (χ3v) is 3.07. The predicted molar refractivity (Wildman–Crippen MR) is 75.3 cm³/mol. The number of nitrogens with one attached hydrogen (secondary N) is 1. The van der Waals surface area contributed by atoms with Crippen LogP contribution in [0.2, 0.25) is 5.02 Å². The van der Waals surface area contributed by atoms with Gasteiger partial charge in [-0.05, 0) is 37.6 Å². The monoisotopic (exact) mass is 263 g/mol. The molecule has 1 heterocycles. The molecule has 0 aliphatic rings. The van der Waals surface area contributed by atoms with Crippen molar-refractivity contribution >= 4 is 11.6 Å². The molecule has 0 aliphatic heterocycles. The van der Waals surface area contributed by atoms with E-state index in [2.05, 4.69) is 23.4 Å². The third-order valence-electron chi connectivity index (χ3n) is 2.76. The molecule has 0 fully saturated rings. The first-order chi connectivity index (χ1) is 8.72. The second-order valence-electron chi connectivity index (χ2n) is 4.33. The summed E-state index contributed by atoms with van der Waals surface area (Å²) in [5.74, 6) is 0. The van der Waals surface area contributed by atoms with Gasteiger partial charge in [-0.3, -0.25) is 0 Å². The molecule has 0 atom stereocenters. The molecule has 0 aliphatic carbocycles. The Morgan fingerprint density at radius 1 is 1.33 bits per heavy atom. The Morgan fingerprint density at radius 2 is 2.17 bits per heavy atom. The zero-order valence-electron chi connectivity index (χ0n) is 10.8. The Hall–Kier alpha value is -1.32. The summed E-state index contributed by atoms with van der Waals surface area (Å²) in [5, 5.41) is 8.56. The van der Waals surface area contributed by atoms with Crippen LogP contribution in [0.3, 0.4) is 0 Å². The Morgan fingerprint density at radius 3 is 2.83 bits per heavy atom. The van der Waals surface area contributed by atoms with Gasteiger partial charge in [-0.1, -0.05) is 30.7 Å². The van der Waals surface area contributed by atoms with Crippen molar-refractivity contribution in [2.75, 3.05) is 6.54 Å². The molecule has 4 heteroatoms. The van der Waals surface area contributed by atoms with Gasteiger partial charge in [0.1, 0.15) is 0 Å². The minimum absolute atomic E-state index is 0.730. The molecule has 2 aromatic rings. The van der Waals surface area contributed by atoms with Crippen LogP contribution in [0.1, 0.15) is 24.6 Å². The molecule has 18 heavy (non-hydrogen) atoms. The molecular weight excluding hydrogens is 246 g/mol. The molecule has 0 bridgehead atoms. The van der Waals surface area contributed by atoms with E-state index in [1.54, 1.807) is 0 Å². The highest BCUT2D eigenvalue weighted by Gasteiger charge is 2.09. The summed E-state index contributed by atoms with van der Waals surface area (Å²) >= 11 is 6.30. The van der Waals surface area contributed by atoms with Crippen molar-refractivity contribution < 1.29 is 0 Å². The highest BCUT2D eigenvalue weighted by molar-refractivity contribution is 6.32. The number of aryl methyl sites for hydroxylation is 1. The van der Waals surface area contributed by atoms with E-state index in [4.69, 9.17) is 11.6 Å². The van der Waals surface area contributed by atoms with Crippen LogP contribution in [-0.2, 0) is 6.54 Å². The lowest BCUT2D eigenvalue weighted by Gasteiger charge is -2.12. The number of para-hydroxylation sites is 1. The minimum atomic E-state index is 0.730. The standard InChI is InChI=1S/C14H18ClN3/c1-3-8-16-10-12-5-4-6-13(15)14(12)18-9-7-11(2)17-18/h4-7,9,16H,3,8,10H2,1-2H3. The first-order valence-electron chi connectivity index (χ1n) is 6.23. The number of halogens is 1. The van der Waals surface area contributed by atoms with E-state index in [0.29, 0.717) is 0 Å². The fourth-order valence-electron chi connectivity index (χ4n) is 1.90. The lowest BCUT2D eigenvalue weighted by atomic mass is 10.1. The molecule has 0 amide bonds. The molecule has 0 saturated carbocycles. The summed E-state index contributed by atoms with van der Waals surface area (Å²) in [7, 11) is 0. The number of hydrogen-bond donors (Lipinski definition) is 1. The van der Waals surface area contributed by atoms with Gasteiger partial charge in [0.2, 0.25) is 0 Å². The lowest BCUT2D eigenvalue weighted by molar-refractivity contribution is 0.670. The minimum Gasteiger partial charge on any atom is -0.313 e. The summed E-state index contributed by atoms with van der Waals surface area (Å²) < 4.78 is 1.85. The van der Waals surface area contributed by atoms with Crippen molar-refractivity contribution in [3.63, 3.8) is 0 Å². The van der Waals surface area contributed by atoms with Crippen molar-refractivity contribution in [2.24, 2.45) is 0 Å². The average molecular weight is 264 g/mol. The molecule has 1 aromatic carbocycles. The largest absolute Gasteiger partial charge is 0.313 e. The van der Waals surface area contributed by atoms with E-state index in [9.17, 15) is 0 Å². The van der Waals surface area contributed by atoms with E-state index in [1.165, 1.54) is 5.56 Å². The van der Waals surface area contributed by atoms with E-state index >= 15 is 0 Å². The lowest BCUT2D eigenvalue weighted by Crippen LogP contribution is -2.16. The van der Waals surface area contributed by atoms with Gasteiger partial charge in [-0.2, -0.15) is 5.10 Å². The van der Waals surface area contributed by atoms with Crippen molar-refractivity contribution in [1.29, 1.82) is 0 Å². The molecule has 1 N–H and O–H groups in total. The molecule has 1 aromatic heterocycles. The molecule has 3 nitrogen and oxygen atoms in total. The first kappa shape index (κ1) is 13.1. The van der Waals surface area contributed by atoms with E-state index in [0.717, 1.165) is 35.9 Å². The Labute approximate surface area is 113 Å². The van der Waals surface area contributed by atoms with E-state index < -0.39 is 0 Å². The number of benzene rings is 1. The molecular formula is C14H18ClN3. The van der Waals surface area contributed by atoms with Crippen LogP contribution in [0.4, 0.5) is 0 Å². The molecule has 0 unspecified atom stereocenters. The summed E-state index contributed by atoms with van der Waals surface area (Å²) in [6.45, 7) is 5.94. The first-order valence-corrected chi connectivity index (χ1v) is 6.61. The van der Waals surface area contributed by atoms with Crippen LogP contribution >= 0.6 is 11.6 Å². The number of aromatic nitrogens is 2. The second-order valence-corrected chi connectivity index (χ2v) is 4.73. The maximum absolute atomic E-state index is 6.30. The van der Waals surface area contributed by atoms with Gasteiger partial charge in [-0.15, -0.1) is 0 Å². The molecule has 0 radical (unpaired) electrons. The van der Waals surface area contributed by atoms with Gasteiger partial charge in [0.05, 0.1) is 16.4 Å². The number of nitrogens with zero attached hydrogens (tertiary/aromatic N) is 2. The summed E-state index contributed by atoms with van der Waals surface area (Å²) in [6.07, 6.45) is 3.07. The smallest absolute Gasteiger partial charge is 0.0876 e. The van der Waals surface area contributed by atoms with Gasteiger partial charge in [0.25, 0.3) is 0 Å². The fourth-order valence-corrected chi connectivity index (χ4v) is 2.18. The van der Waals surface area contributed by atoms with Crippen LogP contribution in [0.15, 0.2) is 30.5 Å². The van der Waals surface area contributed by atoms with Crippen LogP contribution in [0, 0.1) is 6.92 Å². The fraction of sp³-hybridized carbons (Fsp3) is 0.357. The van der Waals surface area contributed by atoms with E-state index in [1.807, 2.05) is 36.0 Å². The second kappa shape index (κ2) is 6.03. The van der Waals surface area contributed by atoms with Gasteiger partial charge < -0.3 is 5.32 Å². The maximum Gasteiger partial charge on any atom is 0.0876 e. The van der Waals surface area contributed by atoms with Crippen molar-refractivity contribution in [3.05, 3.63) is 46.7 Å². The zero-order valence-corrected chi connectivity index (χ0v) is 11.5. The summed E-state index contributed by atoms with van der Waals surface area (Å²) in [5.41, 5.74) is 3.12. The van der Waals surface area contributed by atoms with Crippen LogP contribution in [-0.4, -0.2) is 16.3 Å². The molecule has 0 saturated heterocycles.